The topological polar surface area (TPSA) is 32.6 Å². The second kappa shape index (κ2) is 8.42. The molecule has 2 heteroatoms. The summed E-state index contributed by atoms with van der Waals surface area (Å²) in [5.74, 6) is 0.513. The molecule has 2 fully saturated rings. The van der Waals surface area contributed by atoms with E-state index in [4.69, 9.17) is 4.99 Å². The predicted octanol–water partition coefficient (Wildman–Crippen LogP) is 8.10. The number of rotatable bonds is 5. The third kappa shape index (κ3) is 3.17. The average Bonchev–Trinajstić information content (AvgIpc) is 3.31. The maximum Gasteiger partial charge on any atom is 0.126 e. The molecule has 4 aromatic carbocycles. The molecule has 0 aliphatic heterocycles. The Morgan fingerprint density at radius 1 is 0.806 bits per heavy atom. The zero-order valence-corrected chi connectivity index (χ0v) is 21.5. The molecule has 2 aliphatic carbocycles. The standard InChI is InChI=1S/C34H35NO/c1-24(26-19-18-25-12-10-11-13-27(25)22-26)35-31-23-30-20-21-33(31,32(30,2)3)34(36,28-14-6-4-7-15-28)29-16-8-5-9-17-29/h4-19,22,24,30,36H,20-21,23H2,1-3H3/t24-,30+,33+/m0/s1. The maximum absolute atomic E-state index is 13.1. The second-order valence-corrected chi connectivity index (χ2v) is 11.4. The molecule has 182 valence electrons. The molecule has 2 nitrogen and oxygen atoms in total. The van der Waals surface area contributed by atoms with Gasteiger partial charge < -0.3 is 5.11 Å². The van der Waals surface area contributed by atoms with Crippen LogP contribution in [0.1, 0.15) is 62.8 Å². The number of nitrogens with zero attached hydrogens (tertiary/aromatic N) is 1. The number of benzene rings is 4. The van der Waals surface area contributed by atoms with Gasteiger partial charge in [0.1, 0.15) is 5.60 Å². The lowest BCUT2D eigenvalue weighted by Gasteiger charge is -2.51. The Bertz CT molecular complexity index is 1380. The Labute approximate surface area is 214 Å². The minimum atomic E-state index is -1.16. The Morgan fingerprint density at radius 3 is 2.00 bits per heavy atom. The predicted molar refractivity (Wildman–Crippen MR) is 149 cm³/mol. The molecule has 0 radical (unpaired) electrons. The third-order valence-electron chi connectivity index (χ3n) is 9.53. The summed E-state index contributed by atoms with van der Waals surface area (Å²) in [6.45, 7) is 6.93. The minimum absolute atomic E-state index is 0.0208. The van der Waals surface area contributed by atoms with Gasteiger partial charge >= 0.3 is 0 Å². The molecule has 1 N–H and O–H groups in total. The molecule has 2 aliphatic rings. The minimum Gasteiger partial charge on any atom is -0.379 e. The molecule has 2 saturated carbocycles. The lowest BCUT2D eigenvalue weighted by Crippen LogP contribution is -2.55. The summed E-state index contributed by atoms with van der Waals surface area (Å²) in [7, 11) is 0. The van der Waals surface area contributed by atoms with Crippen molar-refractivity contribution in [3.05, 3.63) is 120 Å². The molecule has 0 heterocycles. The molecule has 0 amide bonds. The van der Waals surface area contributed by atoms with Crippen molar-refractivity contribution in [3.63, 3.8) is 0 Å². The first-order chi connectivity index (χ1) is 17.4. The first-order valence-electron chi connectivity index (χ1n) is 13.3. The van der Waals surface area contributed by atoms with Crippen LogP contribution in [0.25, 0.3) is 10.8 Å². The molecule has 0 unspecified atom stereocenters. The van der Waals surface area contributed by atoms with Crippen LogP contribution >= 0.6 is 0 Å². The van der Waals surface area contributed by atoms with E-state index in [1.165, 1.54) is 22.0 Å². The fourth-order valence-corrected chi connectivity index (χ4v) is 7.52. The van der Waals surface area contributed by atoms with Gasteiger partial charge in [0, 0.05) is 5.71 Å². The van der Waals surface area contributed by atoms with Gasteiger partial charge in [-0.3, -0.25) is 4.99 Å². The lowest BCUT2D eigenvalue weighted by atomic mass is 9.55. The monoisotopic (exact) mass is 473 g/mol. The average molecular weight is 474 g/mol. The largest absolute Gasteiger partial charge is 0.379 e. The quantitative estimate of drug-likeness (QED) is 0.312. The summed E-state index contributed by atoms with van der Waals surface area (Å²) in [5, 5.41) is 15.6. The fourth-order valence-electron chi connectivity index (χ4n) is 7.52. The van der Waals surface area contributed by atoms with Gasteiger partial charge in [-0.05, 0) is 71.0 Å². The van der Waals surface area contributed by atoms with Crippen molar-refractivity contribution in [3.8, 4) is 0 Å². The molecule has 0 aromatic heterocycles. The van der Waals surface area contributed by atoms with Crippen LogP contribution in [0.5, 0.6) is 0 Å². The van der Waals surface area contributed by atoms with Gasteiger partial charge in [0.05, 0.1) is 11.5 Å². The van der Waals surface area contributed by atoms with Crippen molar-refractivity contribution in [1.82, 2.24) is 0 Å². The highest BCUT2D eigenvalue weighted by molar-refractivity contribution is 5.97. The van der Waals surface area contributed by atoms with Crippen molar-refractivity contribution in [2.24, 2.45) is 21.7 Å². The number of aliphatic imine (C=N–C) groups is 1. The van der Waals surface area contributed by atoms with E-state index in [0.29, 0.717) is 5.92 Å². The summed E-state index contributed by atoms with van der Waals surface area (Å²) in [5.41, 5.74) is 2.59. The third-order valence-corrected chi connectivity index (χ3v) is 9.53. The first kappa shape index (κ1) is 23.2. The van der Waals surface area contributed by atoms with Gasteiger partial charge in [-0.1, -0.05) is 111 Å². The normalized spacial score (nSPS) is 24.9. The van der Waals surface area contributed by atoms with Crippen molar-refractivity contribution >= 4 is 16.5 Å². The SMILES string of the molecule is C[C@H](N=C1C[C@H]2CC[C@]1(C(O)(c1ccccc1)c1ccccc1)C2(C)C)c1ccc2ccccc2c1. The Morgan fingerprint density at radius 2 is 1.39 bits per heavy atom. The molecular formula is C34H35NO. The Balaban J connectivity index is 1.54. The molecular weight excluding hydrogens is 438 g/mol. The van der Waals surface area contributed by atoms with Crippen LogP contribution in [0.3, 0.4) is 0 Å². The highest BCUT2D eigenvalue weighted by atomic mass is 16.3. The van der Waals surface area contributed by atoms with Gasteiger partial charge in [-0.25, -0.2) is 0 Å². The molecule has 3 atom stereocenters. The number of hydrogen-bond acceptors (Lipinski definition) is 2. The smallest absolute Gasteiger partial charge is 0.126 e. The van der Waals surface area contributed by atoms with Crippen LogP contribution in [0.4, 0.5) is 0 Å². The summed E-state index contributed by atoms with van der Waals surface area (Å²) in [4.78, 5) is 5.48. The highest BCUT2D eigenvalue weighted by Gasteiger charge is 2.71. The van der Waals surface area contributed by atoms with Crippen LogP contribution in [0.2, 0.25) is 0 Å². The first-order valence-corrected chi connectivity index (χ1v) is 13.3. The van der Waals surface area contributed by atoms with Gasteiger partial charge in [-0.15, -0.1) is 0 Å². The summed E-state index contributed by atoms with van der Waals surface area (Å²) >= 11 is 0. The van der Waals surface area contributed by atoms with Crippen LogP contribution in [0.15, 0.2) is 108 Å². The van der Waals surface area contributed by atoms with E-state index < -0.39 is 11.0 Å². The van der Waals surface area contributed by atoms with Gasteiger partial charge in [0.15, 0.2) is 0 Å². The molecule has 36 heavy (non-hydrogen) atoms. The zero-order valence-electron chi connectivity index (χ0n) is 21.5. The summed E-state index contributed by atoms with van der Waals surface area (Å²) in [6, 6.07) is 35.8. The number of fused-ring (bicyclic) bond motifs is 3. The van der Waals surface area contributed by atoms with Crippen LogP contribution in [-0.4, -0.2) is 10.8 Å². The highest BCUT2D eigenvalue weighted by Crippen LogP contribution is 2.71. The molecule has 6 rings (SSSR count). The number of hydrogen-bond donors (Lipinski definition) is 1. The van der Waals surface area contributed by atoms with Crippen LogP contribution in [0, 0.1) is 16.7 Å². The van der Waals surface area contributed by atoms with Crippen molar-refractivity contribution < 1.29 is 5.11 Å². The van der Waals surface area contributed by atoms with Gasteiger partial charge in [0.25, 0.3) is 0 Å². The van der Waals surface area contributed by atoms with Gasteiger partial charge in [-0.2, -0.15) is 0 Å². The van der Waals surface area contributed by atoms with E-state index in [1.807, 2.05) is 36.4 Å². The molecule has 0 spiro atoms. The van der Waals surface area contributed by atoms with Crippen molar-refractivity contribution in [2.75, 3.05) is 0 Å². The summed E-state index contributed by atoms with van der Waals surface area (Å²) < 4.78 is 0. The van der Waals surface area contributed by atoms with Crippen LogP contribution in [-0.2, 0) is 5.60 Å². The van der Waals surface area contributed by atoms with Crippen molar-refractivity contribution in [1.29, 1.82) is 0 Å². The van der Waals surface area contributed by atoms with E-state index in [2.05, 4.69) is 87.5 Å². The Hall–Kier alpha value is -3.23. The van der Waals surface area contributed by atoms with Crippen molar-refractivity contribution in [2.45, 2.75) is 51.7 Å². The number of aliphatic hydroxyl groups is 1. The van der Waals surface area contributed by atoms with E-state index >= 15 is 0 Å². The maximum atomic E-state index is 13.1. The fraction of sp³-hybridized carbons (Fsp3) is 0.324. The van der Waals surface area contributed by atoms with E-state index in [0.717, 1.165) is 30.4 Å². The van der Waals surface area contributed by atoms with E-state index in [1.54, 1.807) is 0 Å². The van der Waals surface area contributed by atoms with E-state index in [-0.39, 0.29) is 11.5 Å². The molecule has 2 bridgehead atoms. The molecule has 0 saturated heterocycles. The Kier molecular flexibility index (Phi) is 5.42. The molecule has 4 aromatic rings. The van der Waals surface area contributed by atoms with E-state index in [9.17, 15) is 5.11 Å². The van der Waals surface area contributed by atoms with Crippen LogP contribution < -0.4 is 0 Å². The zero-order chi connectivity index (χ0) is 25.0. The summed E-state index contributed by atoms with van der Waals surface area (Å²) in [6.07, 6.45) is 3.01. The lowest BCUT2D eigenvalue weighted by molar-refractivity contribution is -0.0632. The second-order valence-electron chi connectivity index (χ2n) is 11.4. The van der Waals surface area contributed by atoms with Gasteiger partial charge in [0.2, 0.25) is 0 Å².